The van der Waals surface area contributed by atoms with Crippen molar-refractivity contribution in [3.05, 3.63) is 76.0 Å². The van der Waals surface area contributed by atoms with Gasteiger partial charge in [-0.2, -0.15) is 5.10 Å². The largest absolute Gasteiger partial charge is 0.322 e. The number of nitrogens with one attached hydrogen (secondary N) is 1. The highest BCUT2D eigenvalue weighted by molar-refractivity contribution is 9.10. The maximum Gasteiger partial charge on any atom is 0.255 e. The van der Waals surface area contributed by atoms with Crippen LogP contribution in [0.3, 0.4) is 0 Å². The van der Waals surface area contributed by atoms with E-state index < -0.39 is 0 Å². The molecule has 0 aliphatic heterocycles. The second kappa shape index (κ2) is 6.38. The molecule has 0 saturated carbocycles. The Labute approximate surface area is 143 Å². The van der Waals surface area contributed by atoms with Crippen molar-refractivity contribution in [2.45, 2.75) is 13.8 Å². The Morgan fingerprint density at radius 3 is 2.48 bits per heavy atom. The Kier molecular flexibility index (Phi) is 4.30. The number of amides is 1. The van der Waals surface area contributed by atoms with Gasteiger partial charge in [0.2, 0.25) is 0 Å². The van der Waals surface area contributed by atoms with Crippen molar-refractivity contribution >= 4 is 27.5 Å². The van der Waals surface area contributed by atoms with Crippen LogP contribution in [-0.2, 0) is 0 Å². The Balaban J connectivity index is 1.77. The van der Waals surface area contributed by atoms with Gasteiger partial charge in [-0.1, -0.05) is 17.7 Å². The number of carbonyl (C=O) groups is 1. The third-order valence-electron chi connectivity index (χ3n) is 3.58. The van der Waals surface area contributed by atoms with Crippen LogP contribution in [0.5, 0.6) is 0 Å². The van der Waals surface area contributed by atoms with Gasteiger partial charge >= 0.3 is 0 Å². The first kappa shape index (κ1) is 15.5. The average molecular weight is 370 g/mol. The van der Waals surface area contributed by atoms with E-state index in [-0.39, 0.29) is 5.91 Å². The molecule has 0 atom stereocenters. The molecule has 1 amide bonds. The molecule has 0 spiro atoms. The summed E-state index contributed by atoms with van der Waals surface area (Å²) in [4.78, 5) is 12.4. The van der Waals surface area contributed by atoms with E-state index in [9.17, 15) is 4.79 Å². The summed E-state index contributed by atoms with van der Waals surface area (Å²) in [5.41, 5.74) is 4.57. The van der Waals surface area contributed by atoms with E-state index in [0.29, 0.717) is 5.56 Å². The first-order valence-corrected chi connectivity index (χ1v) is 8.01. The normalized spacial score (nSPS) is 10.6. The standard InChI is InChI=1S/C18H16BrN3O/c1-12-3-8-17(13(2)9-12)21-18(23)14-4-6-16(7-5-14)22-11-15(19)10-20-22/h3-11H,1-2H3,(H,21,23). The summed E-state index contributed by atoms with van der Waals surface area (Å²) >= 11 is 3.37. The highest BCUT2D eigenvalue weighted by Gasteiger charge is 2.08. The maximum atomic E-state index is 12.4. The van der Waals surface area contributed by atoms with E-state index in [1.807, 2.05) is 50.4 Å². The number of rotatable bonds is 3. The lowest BCUT2D eigenvalue weighted by atomic mass is 10.1. The van der Waals surface area contributed by atoms with E-state index in [1.54, 1.807) is 23.0 Å². The second-order valence-electron chi connectivity index (χ2n) is 5.42. The molecule has 0 aliphatic carbocycles. The zero-order valence-electron chi connectivity index (χ0n) is 12.9. The highest BCUT2D eigenvalue weighted by atomic mass is 79.9. The van der Waals surface area contributed by atoms with Crippen molar-refractivity contribution in [3.63, 3.8) is 0 Å². The zero-order valence-corrected chi connectivity index (χ0v) is 14.5. The molecule has 5 heteroatoms. The van der Waals surface area contributed by atoms with Gasteiger partial charge in [0.1, 0.15) is 0 Å². The molecular weight excluding hydrogens is 354 g/mol. The van der Waals surface area contributed by atoms with E-state index in [4.69, 9.17) is 0 Å². The van der Waals surface area contributed by atoms with Gasteiger partial charge in [-0.15, -0.1) is 0 Å². The lowest BCUT2D eigenvalue weighted by Gasteiger charge is -2.09. The molecule has 0 fully saturated rings. The number of benzene rings is 2. The lowest BCUT2D eigenvalue weighted by Crippen LogP contribution is -2.12. The second-order valence-corrected chi connectivity index (χ2v) is 6.34. The number of aryl methyl sites for hydroxylation is 2. The summed E-state index contributed by atoms with van der Waals surface area (Å²) in [6.07, 6.45) is 3.59. The number of carbonyl (C=O) groups excluding carboxylic acids is 1. The molecule has 116 valence electrons. The molecule has 3 aromatic rings. The quantitative estimate of drug-likeness (QED) is 0.738. The highest BCUT2D eigenvalue weighted by Crippen LogP contribution is 2.18. The van der Waals surface area contributed by atoms with Crippen LogP contribution in [0, 0.1) is 13.8 Å². The van der Waals surface area contributed by atoms with Crippen LogP contribution in [0.1, 0.15) is 21.5 Å². The summed E-state index contributed by atoms with van der Waals surface area (Å²) in [6, 6.07) is 13.3. The molecule has 2 aromatic carbocycles. The van der Waals surface area contributed by atoms with Gasteiger partial charge in [0.15, 0.2) is 0 Å². The van der Waals surface area contributed by atoms with Gasteiger partial charge in [-0.05, 0) is 65.7 Å². The molecule has 0 radical (unpaired) electrons. The van der Waals surface area contributed by atoms with Crippen molar-refractivity contribution in [1.82, 2.24) is 9.78 Å². The fourth-order valence-electron chi connectivity index (χ4n) is 2.36. The van der Waals surface area contributed by atoms with Crippen molar-refractivity contribution < 1.29 is 4.79 Å². The Morgan fingerprint density at radius 2 is 1.87 bits per heavy atom. The van der Waals surface area contributed by atoms with Crippen LogP contribution in [0.2, 0.25) is 0 Å². The van der Waals surface area contributed by atoms with Gasteiger partial charge < -0.3 is 5.32 Å². The first-order valence-electron chi connectivity index (χ1n) is 7.22. The van der Waals surface area contributed by atoms with Crippen molar-refractivity contribution in [2.75, 3.05) is 5.32 Å². The summed E-state index contributed by atoms with van der Waals surface area (Å²) in [6.45, 7) is 4.02. The van der Waals surface area contributed by atoms with Gasteiger partial charge in [-0.3, -0.25) is 4.79 Å². The van der Waals surface area contributed by atoms with Crippen LogP contribution >= 0.6 is 15.9 Å². The smallest absolute Gasteiger partial charge is 0.255 e. The molecule has 0 aliphatic rings. The summed E-state index contributed by atoms with van der Waals surface area (Å²) in [7, 11) is 0. The minimum Gasteiger partial charge on any atom is -0.322 e. The lowest BCUT2D eigenvalue weighted by molar-refractivity contribution is 0.102. The first-order chi connectivity index (χ1) is 11.0. The Morgan fingerprint density at radius 1 is 1.13 bits per heavy atom. The Hall–Kier alpha value is -2.40. The summed E-state index contributed by atoms with van der Waals surface area (Å²) < 4.78 is 2.66. The number of hydrogen-bond acceptors (Lipinski definition) is 2. The van der Waals surface area contributed by atoms with Crippen LogP contribution in [-0.4, -0.2) is 15.7 Å². The summed E-state index contributed by atoms with van der Waals surface area (Å²) in [5.74, 6) is -0.120. The molecular formula is C18H16BrN3O. The minimum atomic E-state index is -0.120. The fraction of sp³-hybridized carbons (Fsp3) is 0.111. The summed E-state index contributed by atoms with van der Waals surface area (Å²) in [5, 5.41) is 7.17. The SMILES string of the molecule is Cc1ccc(NC(=O)c2ccc(-n3cc(Br)cn3)cc2)c(C)c1. The molecule has 1 aromatic heterocycles. The van der Waals surface area contributed by atoms with E-state index >= 15 is 0 Å². The molecule has 4 nitrogen and oxygen atoms in total. The van der Waals surface area contributed by atoms with Gasteiger partial charge in [0, 0.05) is 17.4 Å². The third-order valence-corrected chi connectivity index (χ3v) is 3.98. The predicted octanol–water partition coefficient (Wildman–Crippen LogP) is 4.50. The Bertz CT molecular complexity index is 853. The third kappa shape index (κ3) is 3.51. The average Bonchev–Trinajstić information content (AvgIpc) is 2.97. The zero-order chi connectivity index (χ0) is 16.4. The number of hydrogen-bond donors (Lipinski definition) is 1. The maximum absolute atomic E-state index is 12.4. The van der Waals surface area contributed by atoms with Crippen molar-refractivity contribution in [3.8, 4) is 5.69 Å². The van der Waals surface area contributed by atoms with Crippen LogP contribution < -0.4 is 5.32 Å². The molecule has 23 heavy (non-hydrogen) atoms. The van der Waals surface area contributed by atoms with Crippen molar-refractivity contribution in [1.29, 1.82) is 0 Å². The van der Waals surface area contributed by atoms with Gasteiger partial charge in [0.25, 0.3) is 5.91 Å². The number of nitrogens with zero attached hydrogens (tertiary/aromatic N) is 2. The van der Waals surface area contributed by atoms with E-state index in [2.05, 4.69) is 26.3 Å². The molecule has 1 heterocycles. The fourth-order valence-corrected chi connectivity index (χ4v) is 2.64. The molecule has 3 rings (SSSR count). The predicted molar refractivity (Wildman–Crippen MR) is 95.1 cm³/mol. The molecule has 0 bridgehead atoms. The van der Waals surface area contributed by atoms with Crippen LogP contribution in [0.15, 0.2) is 59.3 Å². The van der Waals surface area contributed by atoms with Crippen molar-refractivity contribution in [2.24, 2.45) is 0 Å². The topological polar surface area (TPSA) is 46.9 Å². The molecule has 1 N–H and O–H groups in total. The van der Waals surface area contributed by atoms with E-state index in [1.165, 1.54) is 5.56 Å². The number of anilines is 1. The monoisotopic (exact) mass is 369 g/mol. The van der Waals surface area contributed by atoms with Crippen LogP contribution in [0.25, 0.3) is 5.69 Å². The van der Waals surface area contributed by atoms with Gasteiger partial charge in [0.05, 0.1) is 16.4 Å². The van der Waals surface area contributed by atoms with Crippen LogP contribution in [0.4, 0.5) is 5.69 Å². The number of aromatic nitrogens is 2. The van der Waals surface area contributed by atoms with Gasteiger partial charge in [-0.25, -0.2) is 4.68 Å². The number of halogens is 1. The van der Waals surface area contributed by atoms with E-state index in [0.717, 1.165) is 21.4 Å². The minimum absolute atomic E-state index is 0.120. The molecule has 0 saturated heterocycles. The molecule has 0 unspecified atom stereocenters.